The lowest BCUT2D eigenvalue weighted by Gasteiger charge is -2.43. The predicted molar refractivity (Wildman–Crippen MR) is 151 cm³/mol. The first-order chi connectivity index (χ1) is 18.3. The van der Waals surface area contributed by atoms with E-state index >= 15 is 0 Å². The van der Waals surface area contributed by atoms with E-state index in [1.807, 2.05) is 58.9 Å². The maximum Gasteiger partial charge on any atom is 0.262 e. The number of ether oxygens (including phenoxy) is 2. The van der Waals surface area contributed by atoms with Gasteiger partial charge in [0, 0.05) is 53.1 Å². The lowest BCUT2D eigenvalue weighted by Crippen LogP contribution is -2.37. The van der Waals surface area contributed by atoms with Crippen LogP contribution in [0.15, 0.2) is 65.1 Å². The first kappa shape index (κ1) is 27.2. The van der Waals surface area contributed by atoms with Gasteiger partial charge in [-0.2, -0.15) is 0 Å². The number of halogens is 1. The molecule has 2 aromatic carbocycles. The molecule has 2 aliphatic carbocycles. The van der Waals surface area contributed by atoms with Gasteiger partial charge in [0.15, 0.2) is 18.2 Å². The van der Waals surface area contributed by atoms with Crippen LogP contribution in [0.5, 0.6) is 5.75 Å². The third kappa shape index (κ3) is 5.53. The monoisotopic (exact) mass is 547 g/mol. The summed E-state index contributed by atoms with van der Waals surface area (Å²) in [4.78, 5) is 40.0. The fraction of sp³-hybridized carbons (Fsp3) is 0.406. The maximum atomic E-state index is 13.6. The molecule has 0 aromatic heterocycles. The topological polar surface area (TPSA) is 81.7 Å². The first-order valence-electron chi connectivity index (χ1n) is 13.3. The zero-order valence-electron chi connectivity index (χ0n) is 23.1. The Bertz CT molecular complexity index is 1400. The highest BCUT2D eigenvalue weighted by atomic mass is 35.5. The van der Waals surface area contributed by atoms with Crippen LogP contribution < -0.4 is 10.1 Å². The summed E-state index contributed by atoms with van der Waals surface area (Å²) in [5.74, 6) is 0.576. The fourth-order valence-corrected chi connectivity index (χ4v) is 6.09. The molecule has 0 saturated carbocycles. The van der Waals surface area contributed by atoms with E-state index in [0.717, 1.165) is 5.56 Å². The molecule has 6 nitrogen and oxygen atoms in total. The number of hydrogen-bond donors (Lipinski definition) is 1. The number of anilines is 1. The standard InChI is InChI=1S/C32H34ClNO5/c1-18-8-6-7-9-21(18)34-27(37)17-38-24-11-10-19(33)12-20(24)28-29-22(35)13-31(2,3)15-25(29)39-26-16-32(4,5)14-23(36)30(26)28/h6-12,28H,13-17H2,1-5H3,(H,34,37). The summed E-state index contributed by atoms with van der Waals surface area (Å²) >= 11 is 6.47. The number of aryl methyl sites for hydroxylation is 1. The van der Waals surface area contributed by atoms with Crippen molar-refractivity contribution in [3.8, 4) is 5.75 Å². The van der Waals surface area contributed by atoms with Crippen LogP contribution in [-0.2, 0) is 19.1 Å². The van der Waals surface area contributed by atoms with Crippen LogP contribution >= 0.6 is 11.6 Å². The van der Waals surface area contributed by atoms with Gasteiger partial charge in [0.1, 0.15) is 17.3 Å². The van der Waals surface area contributed by atoms with Gasteiger partial charge in [-0.05, 0) is 47.6 Å². The van der Waals surface area contributed by atoms with Gasteiger partial charge in [-0.3, -0.25) is 14.4 Å². The average Bonchev–Trinajstić information content (AvgIpc) is 2.82. The minimum Gasteiger partial charge on any atom is -0.483 e. The molecule has 5 rings (SSSR count). The van der Waals surface area contributed by atoms with E-state index in [1.54, 1.807) is 18.2 Å². The van der Waals surface area contributed by atoms with Gasteiger partial charge < -0.3 is 14.8 Å². The average molecular weight is 548 g/mol. The van der Waals surface area contributed by atoms with Crippen LogP contribution in [0.1, 0.15) is 70.4 Å². The molecule has 204 valence electrons. The summed E-state index contributed by atoms with van der Waals surface area (Å²) in [6, 6.07) is 12.6. The van der Waals surface area contributed by atoms with E-state index in [0.29, 0.717) is 70.4 Å². The molecule has 7 heteroatoms. The minimum atomic E-state index is -0.663. The molecule has 1 heterocycles. The summed E-state index contributed by atoms with van der Waals surface area (Å²) < 4.78 is 12.4. The second-order valence-electron chi connectivity index (χ2n) is 12.4. The lowest BCUT2D eigenvalue weighted by atomic mass is 9.65. The van der Waals surface area contributed by atoms with E-state index in [1.165, 1.54) is 0 Å². The second-order valence-corrected chi connectivity index (χ2v) is 12.9. The molecular formula is C32H34ClNO5. The number of amides is 1. The molecule has 0 saturated heterocycles. The van der Waals surface area contributed by atoms with Crippen LogP contribution in [0, 0.1) is 17.8 Å². The Morgan fingerprint density at radius 1 is 0.949 bits per heavy atom. The molecule has 0 bridgehead atoms. The molecule has 0 fully saturated rings. The molecule has 0 radical (unpaired) electrons. The van der Waals surface area contributed by atoms with E-state index in [4.69, 9.17) is 21.1 Å². The van der Waals surface area contributed by atoms with Gasteiger partial charge in [0.2, 0.25) is 0 Å². The van der Waals surface area contributed by atoms with Gasteiger partial charge in [0.25, 0.3) is 5.91 Å². The Hall–Kier alpha value is -3.38. The first-order valence-corrected chi connectivity index (χ1v) is 13.7. The van der Waals surface area contributed by atoms with Crippen molar-refractivity contribution in [1.82, 2.24) is 0 Å². The Morgan fingerprint density at radius 3 is 2.13 bits per heavy atom. The van der Waals surface area contributed by atoms with Crippen molar-refractivity contribution in [2.24, 2.45) is 10.8 Å². The zero-order chi connectivity index (χ0) is 28.1. The summed E-state index contributed by atoms with van der Waals surface area (Å²) in [7, 11) is 0. The zero-order valence-corrected chi connectivity index (χ0v) is 23.8. The number of nitrogens with one attached hydrogen (secondary N) is 1. The molecule has 1 N–H and O–H groups in total. The Morgan fingerprint density at radius 2 is 1.54 bits per heavy atom. The fourth-order valence-electron chi connectivity index (χ4n) is 5.90. The highest BCUT2D eigenvalue weighted by Gasteiger charge is 2.48. The Labute approximate surface area is 234 Å². The molecule has 1 amide bonds. The summed E-state index contributed by atoms with van der Waals surface area (Å²) in [5.41, 5.74) is 2.73. The Balaban J connectivity index is 1.55. The molecule has 1 aliphatic heterocycles. The van der Waals surface area contributed by atoms with Gasteiger partial charge in [-0.1, -0.05) is 57.5 Å². The Kier molecular flexibility index (Phi) is 6.96. The molecule has 3 aliphatic rings. The van der Waals surface area contributed by atoms with E-state index < -0.39 is 5.92 Å². The van der Waals surface area contributed by atoms with Crippen LogP contribution in [0.25, 0.3) is 0 Å². The van der Waals surface area contributed by atoms with Crippen molar-refractivity contribution in [1.29, 1.82) is 0 Å². The van der Waals surface area contributed by atoms with Crippen LogP contribution in [0.3, 0.4) is 0 Å². The number of benzene rings is 2. The molecule has 0 atom stereocenters. The van der Waals surface area contributed by atoms with Crippen molar-refractivity contribution in [2.45, 2.75) is 66.2 Å². The van der Waals surface area contributed by atoms with E-state index in [2.05, 4.69) is 5.32 Å². The summed E-state index contributed by atoms with van der Waals surface area (Å²) in [6.07, 6.45) is 1.88. The number of carbonyl (C=O) groups is 3. The normalized spacial score (nSPS) is 20.3. The predicted octanol–water partition coefficient (Wildman–Crippen LogP) is 7.07. The third-order valence-electron chi connectivity index (χ3n) is 7.64. The van der Waals surface area contributed by atoms with Crippen molar-refractivity contribution in [3.63, 3.8) is 0 Å². The summed E-state index contributed by atoms with van der Waals surface area (Å²) in [6.45, 7) is 9.87. The van der Waals surface area contributed by atoms with Gasteiger partial charge in [-0.25, -0.2) is 0 Å². The largest absolute Gasteiger partial charge is 0.483 e. The number of Topliss-reactive ketones (excluding diaryl/α,β-unsaturated/α-hetero) is 2. The van der Waals surface area contributed by atoms with E-state index in [9.17, 15) is 14.4 Å². The highest BCUT2D eigenvalue weighted by Crippen LogP contribution is 2.54. The van der Waals surface area contributed by atoms with Crippen molar-refractivity contribution < 1.29 is 23.9 Å². The third-order valence-corrected chi connectivity index (χ3v) is 7.88. The van der Waals surface area contributed by atoms with Crippen LogP contribution in [-0.4, -0.2) is 24.1 Å². The number of ketones is 2. The molecule has 2 aromatic rings. The SMILES string of the molecule is Cc1ccccc1NC(=O)COc1ccc(Cl)cc1C1C2=C(CC(C)(C)CC2=O)OC2=C1C(=O)CC(C)(C)C2. The van der Waals surface area contributed by atoms with Crippen LogP contribution in [0.2, 0.25) is 5.02 Å². The number of hydrogen-bond acceptors (Lipinski definition) is 5. The van der Waals surface area contributed by atoms with E-state index in [-0.39, 0.29) is 34.9 Å². The quantitative estimate of drug-likeness (QED) is 0.433. The number of rotatable bonds is 5. The number of carbonyl (C=O) groups excluding carboxylic acids is 3. The maximum absolute atomic E-state index is 13.6. The smallest absolute Gasteiger partial charge is 0.262 e. The minimum absolute atomic E-state index is 0.0429. The lowest BCUT2D eigenvalue weighted by molar-refractivity contribution is -0.121. The van der Waals surface area contributed by atoms with Crippen molar-refractivity contribution in [2.75, 3.05) is 11.9 Å². The molecular weight excluding hydrogens is 514 g/mol. The number of allylic oxidation sites excluding steroid dienone is 4. The van der Waals surface area contributed by atoms with Gasteiger partial charge in [-0.15, -0.1) is 0 Å². The molecule has 0 spiro atoms. The molecule has 39 heavy (non-hydrogen) atoms. The highest BCUT2D eigenvalue weighted by molar-refractivity contribution is 6.30. The van der Waals surface area contributed by atoms with Crippen molar-refractivity contribution in [3.05, 3.63) is 81.3 Å². The molecule has 0 unspecified atom stereocenters. The summed E-state index contributed by atoms with van der Waals surface area (Å²) in [5, 5.41) is 3.33. The second kappa shape index (κ2) is 9.98. The van der Waals surface area contributed by atoms with Gasteiger partial charge in [0.05, 0.1) is 5.92 Å². The van der Waals surface area contributed by atoms with Gasteiger partial charge >= 0.3 is 0 Å². The number of para-hydroxylation sites is 1. The van der Waals surface area contributed by atoms with Crippen LogP contribution in [0.4, 0.5) is 5.69 Å². The van der Waals surface area contributed by atoms with Crippen molar-refractivity contribution >= 4 is 34.8 Å².